The highest BCUT2D eigenvalue weighted by atomic mass is 32.2. The molecule has 3 aromatic carbocycles. The van der Waals surface area contributed by atoms with E-state index < -0.39 is 0 Å². The summed E-state index contributed by atoms with van der Waals surface area (Å²) in [7, 11) is 1.59. The summed E-state index contributed by atoms with van der Waals surface area (Å²) in [6.07, 6.45) is 0. The van der Waals surface area contributed by atoms with Gasteiger partial charge in [-0.1, -0.05) is 48.2 Å². The van der Waals surface area contributed by atoms with Crippen molar-refractivity contribution < 1.29 is 19.4 Å². The fourth-order valence-electron chi connectivity index (χ4n) is 3.11. The zero-order chi connectivity index (χ0) is 23.0. The minimum Gasteiger partial charge on any atom is -0.508 e. The lowest BCUT2D eigenvalue weighted by molar-refractivity contribution is -0.113. The number of nitrogens with zero attached hydrogens (tertiary/aromatic N) is 3. The van der Waals surface area contributed by atoms with Gasteiger partial charge in [0.2, 0.25) is 5.91 Å². The van der Waals surface area contributed by atoms with Crippen LogP contribution in [0.1, 0.15) is 5.82 Å². The molecule has 2 N–H and O–H groups in total. The molecule has 0 unspecified atom stereocenters. The highest BCUT2D eigenvalue weighted by Crippen LogP contribution is 2.28. The number of thioether (sulfide) groups is 1. The lowest BCUT2D eigenvalue weighted by Crippen LogP contribution is -2.14. The van der Waals surface area contributed by atoms with Gasteiger partial charge in [-0.2, -0.15) is 0 Å². The Kier molecular flexibility index (Phi) is 7.11. The van der Waals surface area contributed by atoms with E-state index in [0.29, 0.717) is 28.2 Å². The van der Waals surface area contributed by atoms with Crippen molar-refractivity contribution in [3.8, 4) is 22.9 Å². The van der Waals surface area contributed by atoms with Crippen molar-refractivity contribution in [2.24, 2.45) is 0 Å². The number of carbonyl (C=O) groups is 1. The van der Waals surface area contributed by atoms with E-state index in [1.165, 1.54) is 17.8 Å². The molecule has 4 rings (SSSR count). The first-order valence-corrected chi connectivity index (χ1v) is 11.1. The maximum atomic E-state index is 12.4. The molecule has 0 aliphatic heterocycles. The SMILES string of the molecule is COc1ccccc1OCc1nnc(SCC(=O)Nc2cccc(O)c2)n1-c1ccccc1. The van der Waals surface area contributed by atoms with Crippen molar-refractivity contribution in [1.82, 2.24) is 14.8 Å². The van der Waals surface area contributed by atoms with Gasteiger partial charge in [0.15, 0.2) is 22.5 Å². The number of para-hydroxylation sites is 3. The van der Waals surface area contributed by atoms with Gasteiger partial charge in [-0.05, 0) is 36.4 Å². The largest absolute Gasteiger partial charge is 0.508 e. The van der Waals surface area contributed by atoms with Crippen molar-refractivity contribution in [3.63, 3.8) is 0 Å². The summed E-state index contributed by atoms with van der Waals surface area (Å²) >= 11 is 1.26. The maximum absolute atomic E-state index is 12.4. The Morgan fingerprint density at radius 3 is 2.52 bits per heavy atom. The number of methoxy groups -OCH3 is 1. The average Bonchev–Trinajstić information content (AvgIpc) is 3.25. The number of carbonyl (C=O) groups excluding carboxylic acids is 1. The molecule has 4 aromatic rings. The number of benzene rings is 3. The topological polar surface area (TPSA) is 98.5 Å². The van der Waals surface area contributed by atoms with Crippen LogP contribution in [0.5, 0.6) is 17.2 Å². The third kappa shape index (κ3) is 5.64. The molecule has 0 atom stereocenters. The monoisotopic (exact) mass is 462 g/mol. The number of phenols is 1. The molecule has 1 aromatic heterocycles. The van der Waals surface area contributed by atoms with E-state index in [9.17, 15) is 9.90 Å². The summed E-state index contributed by atoms with van der Waals surface area (Å²) in [4.78, 5) is 12.4. The number of hydrogen-bond donors (Lipinski definition) is 2. The van der Waals surface area contributed by atoms with Gasteiger partial charge >= 0.3 is 0 Å². The number of aromatic nitrogens is 3. The second-order valence-corrected chi connectivity index (χ2v) is 7.84. The molecule has 168 valence electrons. The summed E-state index contributed by atoms with van der Waals surface area (Å²) in [6, 6.07) is 23.4. The molecular weight excluding hydrogens is 440 g/mol. The first-order valence-electron chi connectivity index (χ1n) is 10.1. The highest BCUT2D eigenvalue weighted by Gasteiger charge is 2.17. The van der Waals surface area contributed by atoms with E-state index in [2.05, 4.69) is 15.5 Å². The van der Waals surface area contributed by atoms with E-state index >= 15 is 0 Å². The third-order valence-electron chi connectivity index (χ3n) is 4.60. The van der Waals surface area contributed by atoms with Gasteiger partial charge in [0, 0.05) is 17.4 Å². The summed E-state index contributed by atoms with van der Waals surface area (Å²) in [6.45, 7) is 0.165. The van der Waals surface area contributed by atoms with E-state index in [1.54, 1.807) is 25.3 Å². The van der Waals surface area contributed by atoms with Crippen LogP contribution in [0.25, 0.3) is 5.69 Å². The van der Waals surface area contributed by atoms with Gasteiger partial charge in [0.05, 0.1) is 12.9 Å². The smallest absolute Gasteiger partial charge is 0.234 e. The molecule has 0 aliphatic carbocycles. The first kappa shape index (κ1) is 22.2. The van der Waals surface area contributed by atoms with Crippen LogP contribution in [0, 0.1) is 0 Å². The predicted molar refractivity (Wildman–Crippen MR) is 126 cm³/mol. The fourth-order valence-corrected chi connectivity index (χ4v) is 3.89. The second kappa shape index (κ2) is 10.6. The Balaban J connectivity index is 1.50. The van der Waals surface area contributed by atoms with Crippen LogP contribution in [0.4, 0.5) is 5.69 Å². The molecule has 9 heteroatoms. The first-order chi connectivity index (χ1) is 16.1. The van der Waals surface area contributed by atoms with Crippen molar-refractivity contribution in [3.05, 3.63) is 84.7 Å². The minimum absolute atomic E-state index is 0.0870. The van der Waals surface area contributed by atoms with Gasteiger partial charge < -0.3 is 19.9 Å². The Morgan fingerprint density at radius 1 is 1.00 bits per heavy atom. The highest BCUT2D eigenvalue weighted by molar-refractivity contribution is 7.99. The van der Waals surface area contributed by atoms with Crippen molar-refractivity contribution >= 4 is 23.4 Å². The quantitative estimate of drug-likeness (QED) is 0.358. The van der Waals surface area contributed by atoms with E-state index in [4.69, 9.17) is 9.47 Å². The number of nitrogens with one attached hydrogen (secondary N) is 1. The number of hydrogen-bond acceptors (Lipinski definition) is 7. The van der Waals surface area contributed by atoms with Crippen LogP contribution < -0.4 is 14.8 Å². The van der Waals surface area contributed by atoms with E-state index in [1.807, 2.05) is 59.2 Å². The van der Waals surface area contributed by atoms with Gasteiger partial charge in [-0.15, -0.1) is 10.2 Å². The molecule has 0 saturated heterocycles. The minimum atomic E-state index is -0.222. The molecule has 0 bridgehead atoms. The normalized spacial score (nSPS) is 10.6. The molecule has 1 heterocycles. The molecule has 0 spiro atoms. The van der Waals surface area contributed by atoms with Crippen LogP contribution >= 0.6 is 11.8 Å². The Morgan fingerprint density at radius 2 is 1.76 bits per heavy atom. The van der Waals surface area contributed by atoms with Crippen LogP contribution in [-0.2, 0) is 11.4 Å². The number of aromatic hydroxyl groups is 1. The van der Waals surface area contributed by atoms with Crippen molar-refractivity contribution in [2.45, 2.75) is 11.8 Å². The molecular formula is C24H22N4O4S. The molecule has 33 heavy (non-hydrogen) atoms. The van der Waals surface area contributed by atoms with Crippen LogP contribution in [0.2, 0.25) is 0 Å². The van der Waals surface area contributed by atoms with Crippen molar-refractivity contribution in [1.29, 1.82) is 0 Å². The lowest BCUT2D eigenvalue weighted by Gasteiger charge is -2.12. The molecule has 0 radical (unpaired) electrons. The predicted octanol–water partition coefficient (Wildman–Crippen LogP) is 4.29. The lowest BCUT2D eigenvalue weighted by atomic mass is 10.3. The Labute approximate surface area is 195 Å². The number of amides is 1. The van der Waals surface area contributed by atoms with E-state index in [0.717, 1.165) is 5.69 Å². The van der Waals surface area contributed by atoms with Crippen LogP contribution in [0.3, 0.4) is 0 Å². The number of rotatable bonds is 9. The second-order valence-electron chi connectivity index (χ2n) is 6.90. The van der Waals surface area contributed by atoms with Gasteiger partial charge in [-0.3, -0.25) is 9.36 Å². The maximum Gasteiger partial charge on any atom is 0.234 e. The Hall–Kier alpha value is -3.98. The molecule has 0 fully saturated rings. The zero-order valence-electron chi connectivity index (χ0n) is 17.8. The molecule has 1 amide bonds. The number of anilines is 1. The Bertz CT molecular complexity index is 1230. The number of phenolic OH excluding ortho intramolecular Hbond substituents is 1. The summed E-state index contributed by atoms with van der Waals surface area (Å²) in [5.41, 5.74) is 1.38. The molecule has 0 aliphatic rings. The standard InChI is InChI=1S/C24H22N4O4S/c1-31-20-12-5-6-13-21(20)32-15-22-26-27-24(28(22)18-9-3-2-4-10-18)33-16-23(30)25-17-8-7-11-19(29)14-17/h2-14,29H,15-16H2,1H3,(H,25,30). The number of ether oxygens (including phenoxy) is 2. The molecule has 8 nitrogen and oxygen atoms in total. The third-order valence-corrected chi connectivity index (χ3v) is 5.53. The van der Waals surface area contributed by atoms with Gasteiger partial charge in [-0.25, -0.2) is 0 Å². The summed E-state index contributed by atoms with van der Waals surface area (Å²) in [5.74, 6) is 1.80. The van der Waals surface area contributed by atoms with E-state index in [-0.39, 0.29) is 24.0 Å². The van der Waals surface area contributed by atoms with Crippen LogP contribution in [-0.4, -0.2) is 38.6 Å². The average molecular weight is 463 g/mol. The fraction of sp³-hybridized carbons (Fsp3) is 0.125. The summed E-state index contributed by atoms with van der Waals surface area (Å²) < 4.78 is 13.2. The van der Waals surface area contributed by atoms with Gasteiger partial charge in [0.25, 0.3) is 0 Å². The van der Waals surface area contributed by atoms with Gasteiger partial charge in [0.1, 0.15) is 12.4 Å². The molecule has 0 saturated carbocycles. The van der Waals surface area contributed by atoms with Crippen molar-refractivity contribution in [2.75, 3.05) is 18.2 Å². The van der Waals surface area contributed by atoms with Crippen LogP contribution in [0.15, 0.2) is 84.0 Å². The summed E-state index contributed by atoms with van der Waals surface area (Å²) in [5, 5.41) is 21.5. The zero-order valence-corrected chi connectivity index (χ0v) is 18.7.